The average Bonchev–Trinajstić information content (AvgIpc) is 2.44. The Morgan fingerprint density at radius 2 is 2.40 bits per heavy atom. The summed E-state index contributed by atoms with van der Waals surface area (Å²) in [6, 6.07) is 0. The van der Waals surface area contributed by atoms with Crippen LogP contribution in [0.1, 0.15) is 21.7 Å². The second kappa shape index (κ2) is 1.91. The number of carbonyl (C=O) groups is 1. The number of nitrogens with one attached hydrogen (secondary N) is 2. The van der Waals surface area contributed by atoms with Crippen molar-refractivity contribution in [2.24, 2.45) is 0 Å². The molecule has 0 aliphatic carbocycles. The van der Waals surface area contributed by atoms with Crippen molar-refractivity contribution in [3.63, 3.8) is 0 Å². The number of H-pyrrole nitrogens is 1. The van der Waals surface area contributed by atoms with Crippen molar-refractivity contribution in [1.29, 1.82) is 0 Å². The molecule has 0 fully saturated rings. The van der Waals surface area contributed by atoms with Gasteiger partial charge in [-0.1, -0.05) is 0 Å². The second-order valence-corrected chi connectivity index (χ2v) is 2.29. The van der Waals surface area contributed by atoms with Crippen LogP contribution in [0.25, 0.3) is 0 Å². The minimum atomic E-state index is 0.542. The summed E-state index contributed by atoms with van der Waals surface area (Å²) in [5.74, 6) is 0. The molecule has 0 radical (unpaired) electrons. The van der Waals surface area contributed by atoms with Gasteiger partial charge in [-0.15, -0.1) is 0 Å². The summed E-state index contributed by atoms with van der Waals surface area (Å²) >= 11 is 0. The first-order chi connectivity index (χ1) is 4.92. The van der Waals surface area contributed by atoms with Crippen LogP contribution in [0, 0.1) is 0 Å². The van der Waals surface area contributed by atoms with Crippen LogP contribution in [-0.2, 0) is 13.1 Å². The van der Waals surface area contributed by atoms with Gasteiger partial charge in [0.2, 0.25) is 0 Å². The van der Waals surface area contributed by atoms with E-state index in [1.165, 1.54) is 0 Å². The van der Waals surface area contributed by atoms with Gasteiger partial charge in [0.1, 0.15) is 5.69 Å². The molecule has 10 heavy (non-hydrogen) atoms. The van der Waals surface area contributed by atoms with Crippen molar-refractivity contribution in [2.45, 2.75) is 13.1 Å². The fourth-order valence-corrected chi connectivity index (χ4v) is 1.17. The molecule has 0 amide bonds. The molecule has 1 aromatic heterocycles. The molecule has 0 bridgehead atoms. The van der Waals surface area contributed by atoms with Crippen LogP contribution in [-0.4, -0.2) is 16.5 Å². The molecule has 0 unspecified atom stereocenters. The maximum atomic E-state index is 10.3. The first-order valence-electron chi connectivity index (χ1n) is 3.14. The zero-order chi connectivity index (χ0) is 6.97. The Bertz CT molecular complexity index is 266. The lowest BCUT2D eigenvalue weighted by molar-refractivity contribution is 0.111. The molecule has 0 atom stereocenters. The van der Waals surface area contributed by atoms with E-state index in [9.17, 15) is 4.79 Å². The molecule has 0 spiro atoms. The van der Waals surface area contributed by atoms with Gasteiger partial charge < -0.3 is 5.32 Å². The Kier molecular flexibility index (Phi) is 1.07. The van der Waals surface area contributed by atoms with Gasteiger partial charge in [-0.2, -0.15) is 5.10 Å². The van der Waals surface area contributed by atoms with Crippen LogP contribution in [0.3, 0.4) is 0 Å². The highest BCUT2D eigenvalue weighted by Gasteiger charge is 2.16. The summed E-state index contributed by atoms with van der Waals surface area (Å²) in [4.78, 5) is 10.3. The van der Waals surface area contributed by atoms with Gasteiger partial charge in [-0.3, -0.25) is 9.89 Å². The molecular formula is C6H7N3O. The lowest BCUT2D eigenvalue weighted by Gasteiger charge is -1.86. The van der Waals surface area contributed by atoms with Crippen LogP contribution in [0.5, 0.6) is 0 Å². The van der Waals surface area contributed by atoms with Gasteiger partial charge in [0.25, 0.3) is 0 Å². The number of rotatable bonds is 1. The number of hydrogen-bond acceptors (Lipinski definition) is 3. The molecule has 1 aliphatic rings. The summed E-state index contributed by atoms with van der Waals surface area (Å²) in [6.07, 6.45) is 0.780. The molecule has 1 aromatic rings. The fraction of sp³-hybridized carbons (Fsp3) is 0.333. The normalized spacial score (nSPS) is 15.2. The topological polar surface area (TPSA) is 57.8 Å². The number of hydrogen-bond donors (Lipinski definition) is 2. The zero-order valence-electron chi connectivity index (χ0n) is 5.35. The molecular weight excluding hydrogens is 130 g/mol. The van der Waals surface area contributed by atoms with E-state index in [4.69, 9.17) is 0 Å². The first-order valence-corrected chi connectivity index (χ1v) is 3.14. The van der Waals surface area contributed by atoms with Crippen LogP contribution >= 0.6 is 0 Å². The maximum Gasteiger partial charge on any atom is 0.170 e. The molecule has 0 aromatic carbocycles. The van der Waals surface area contributed by atoms with Gasteiger partial charge in [-0.25, -0.2) is 0 Å². The van der Waals surface area contributed by atoms with E-state index >= 15 is 0 Å². The summed E-state index contributed by atoms with van der Waals surface area (Å²) in [5, 5.41) is 9.73. The van der Waals surface area contributed by atoms with Crippen molar-refractivity contribution in [2.75, 3.05) is 0 Å². The van der Waals surface area contributed by atoms with Crippen molar-refractivity contribution >= 4 is 6.29 Å². The highest BCUT2D eigenvalue weighted by molar-refractivity contribution is 5.74. The molecule has 0 saturated heterocycles. The average molecular weight is 137 g/mol. The number of fused-ring (bicyclic) bond motifs is 1. The third kappa shape index (κ3) is 0.593. The number of carbonyl (C=O) groups excluding carboxylic acids is 1. The Morgan fingerprint density at radius 3 is 3.20 bits per heavy atom. The number of aromatic amines is 1. The second-order valence-electron chi connectivity index (χ2n) is 2.29. The molecule has 52 valence electrons. The van der Waals surface area contributed by atoms with Gasteiger partial charge >= 0.3 is 0 Å². The monoisotopic (exact) mass is 137 g/mol. The van der Waals surface area contributed by atoms with E-state index in [0.717, 1.165) is 30.6 Å². The van der Waals surface area contributed by atoms with E-state index in [2.05, 4.69) is 15.5 Å². The van der Waals surface area contributed by atoms with E-state index < -0.39 is 0 Å². The van der Waals surface area contributed by atoms with Crippen LogP contribution < -0.4 is 5.32 Å². The molecule has 4 nitrogen and oxygen atoms in total. The summed E-state index contributed by atoms with van der Waals surface area (Å²) < 4.78 is 0. The van der Waals surface area contributed by atoms with Crippen molar-refractivity contribution < 1.29 is 4.79 Å². The summed E-state index contributed by atoms with van der Waals surface area (Å²) in [6.45, 7) is 1.57. The minimum absolute atomic E-state index is 0.542. The van der Waals surface area contributed by atoms with Crippen molar-refractivity contribution in [3.8, 4) is 0 Å². The Balaban J connectivity index is 2.53. The number of aromatic nitrogens is 2. The van der Waals surface area contributed by atoms with Crippen LogP contribution in [0.4, 0.5) is 0 Å². The van der Waals surface area contributed by atoms with E-state index in [0.29, 0.717) is 5.69 Å². The van der Waals surface area contributed by atoms with Gasteiger partial charge in [0.15, 0.2) is 6.29 Å². The fourth-order valence-electron chi connectivity index (χ4n) is 1.17. The zero-order valence-corrected chi connectivity index (χ0v) is 5.35. The van der Waals surface area contributed by atoms with Crippen molar-refractivity contribution in [3.05, 3.63) is 17.0 Å². The standard InChI is InChI=1S/C6H7N3O/c10-3-6-4-1-7-2-5(4)8-9-6/h3,7H,1-2H2,(H,8,9). The molecule has 1 aliphatic heterocycles. The summed E-state index contributed by atoms with van der Waals surface area (Å²) in [5.41, 5.74) is 2.61. The Hall–Kier alpha value is -1.16. The predicted octanol–water partition coefficient (Wildman–Crippen LogP) is -0.175. The molecule has 2 N–H and O–H groups in total. The van der Waals surface area contributed by atoms with Crippen molar-refractivity contribution in [1.82, 2.24) is 15.5 Å². The highest BCUT2D eigenvalue weighted by Crippen LogP contribution is 2.14. The quantitative estimate of drug-likeness (QED) is 0.528. The Labute approximate surface area is 57.6 Å². The molecule has 2 heterocycles. The highest BCUT2D eigenvalue weighted by atomic mass is 16.1. The summed E-state index contributed by atoms with van der Waals surface area (Å²) in [7, 11) is 0. The SMILES string of the molecule is O=Cc1n[nH]c2c1CNC2. The van der Waals surface area contributed by atoms with E-state index in [1.807, 2.05) is 0 Å². The van der Waals surface area contributed by atoms with E-state index in [1.54, 1.807) is 0 Å². The largest absolute Gasteiger partial charge is 0.307 e. The lowest BCUT2D eigenvalue weighted by atomic mass is 10.2. The molecule has 4 heteroatoms. The van der Waals surface area contributed by atoms with Gasteiger partial charge in [0.05, 0.1) is 5.69 Å². The molecule has 0 saturated carbocycles. The third-order valence-corrected chi connectivity index (χ3v) is 1.70. The first kappa shape index (κ1) is 5.61. The van der Waals surface area contributed by atoms with Gasteiger partial charge in [-0.05, 0) is 0 Å². The number of nitrogens with zero attached hydrogens (tertiary/aromatic N) is 1. The number of aldehydes is 1. The smallest absolute Gasteiger partial charge is 0.170 e. The van der Waals surface area contributed by atoms with Crippen LogP contribution in [0.2, 0.25) is 0 Å². The van der Waals surface area contributed by atoms with E-state index in [-0.39, 0.29) is 0 Å². The minimum Gasteiger partial charge on any atom is -0.307 e. The van der Waals surface area contributed by atoms with Crippen LogP contribution in [0.15, 0.2) is 0 Å². The molecule has 2 rings (SSSR count). The van der Waals surface area contributed by atoms with Gasteiger partial charge in [0, 0.05) is 18.7 Å². The Morgan fingerprint density at radius 1 is 1.50 bits per heavy atom. The predicted molar refractivity (Wildman–Crippen MR) is 34.5 cm³/mol. The maximum absolute atomic E-state index is 10.3. The third-order valence-electron chi connectivity index (χ3n) is 1.70. The lowest BCUT2D eigenvalue weighted by Crippen LogP contribution is -2.03.